The highest BCUT2D eigenvalue weighted by atomic mass is 127. The molecule has 0 heterocycles. The van der Waals surface area contributed by atoms with Crippen LogP contribution in [0.15, 0.2) is 0 Å². The third-order valence-corrected chi connectivity index (χ3v) is 5.50. The Morgan fingerprint density at radius 2 is 0.829 bits per heavy atom. The molecule has 0 aliphatic heterocycles. The number of esters is 1. The standard InChI is InChI=1S/C26H51IO8/c1-2-3-4-5-6-7-8-9-10-11-26(28)35-25-24-34-23-22-33-21-20-32-19-18-31-17-16-30-15-14-29-13-12-27/h2-25H2,1H3. The van der Waals surface area contributed by atoms with Crippen LogP contribution in [0.2, 0.25) is 0 Å². The number of ether oxygens (including phenoxy) is 7. The molecule has 0 amide bonds. The van der Waals surface area contributed by atoms with Crippen LogP contribution in [0, 0.1) is 0 Å². The molecule has 210 valence electrons. The van der Waals surface area contributed by atoms with E-state index in [-0.39, 0.29) is 5.97 Å². The number of rotatable bonds is 30. The molecule has 0 saturated carbocycles. The number of halogens is 1. The molecule has 35 heavy (non-hydrogen) atoms. The molecular weight excluding hydrogens is 567 g/mol. The highest BCUT2D eigenvalue weighted by Gasteiger charge is 2.02. The van der Waals surface area contributed by atoms with Gasteiger partial charge in [0.2, 0.25) is 0 Å². The topological polar surface area (TPSA) is 81.7 Å². The smallest absolute Gasteiger partial charge is 0.305 e. The average Bonchev–Trinajstić information content (AvgIpc) is 2.86. The molecule has 0 bridgehead atoms. The fourth-order valence-electron chi connectivity index (χ4n) is 3.12. The summed E-state index contributed by atoms with van der Waals surface area (Å²) in [5.74, 6) is -0.127. The molecule has 0 rings (SSSR count). The van der Waals surface area contributed by atoms with Crippen LogP contribution in [0.5, 0.6) is 0 Å². The van der Waals surface area contributed by atoms with E-state index in [9.17, 15) is 4.79 Å². The van der Waals surface area contributed by atoms with Crippen molar-refractivity contribution in [2.45, 2.75) is 71.1 Å². The second-order valence-electron chi connectivity index (χ2n) is 8.16. The van der Waals surface area contributed by atoms with E-state index in [1.165, 1.54) is 44.9 Å². The minimum atomic E-state index is -0.127. The Kier molecular flexibility index (Phi) is 32.0. The summed E-state index contributed by atoms with van der Waals surface area (Å²) in [6.45, 7) is 9.12. The maximum Gasteiger partial charge on any atom is 0.305 e. The molecule has 0 aliphatic rings. The lowest BCUT2D eigenvalue weighted by Gasteiger charge is -2.08. The molecular formula is C26H51IO8. The molecule has 0 radical (unpaired) electrons. The molecule has 0 N–H and O–H groups in total. The summed E-state index contributed by atoms with van der Waals surface area (Å²) in [6.07, 6.45) is 11.7. The number of carbonyl (C=O) groups is 1. The summed E-state index contributed by atoms with van der Waals surface area (Å²) in [5.41, 5.74) is 0. The minimum Gasteiger partial charge on any atom is -0.463 e. The highest BCUT2D eigenvalue weighted by molar-refractivity contribution is 14.1. The van der Waals surface area contributed by atoms with Crippen LogP contribution in [0.4, 0.5) is 0 Å². The van der Waals surface area contributed by atoms with Gasteiger partial charge in [-0.1, -0.05) is 80.9 Å². The van der Waals surface area contributed by atoms with E-state index < -0.39 is 0 Å². The highest BCUT2D eigenvalue weighted by Crippen LogP contribution is 2.10. The number of hydrogen-bond donors (Lipinski definition) is 0. The average molecular weight is 619 g/mol. The van der Waals surface area contributed by atoms with Crippen molar-refractivity contribution in [1.82, 2.24) is 0 Å². The third-order valence-electron chi connectivity index (χ3n) is 5.06. The van der Waals surface area contributed by atoms with Gasteiger partial charge in [-0.25, -0.2) is 0 Å². The predicted molar refractivity (Wildman–Crippen MR) is 147 cm³/mol. The summed E-state index contributed by atoms with van der Waals surface area (Å²) in [7, 11) is 0. The minimum absolute atomic E-state index is 0.127. The molecule has 0 spiro atoms. The van der Waals surface area contributed by atoms with Crippen molar-refractivity contribution < 1.29 is 38.0 Å². The lowest BCUT2D eigenvalue weighted by atomic mass is 10.1. The van der Waals surface area contributed by atoms with Gasteiger partial charge in [0.25, 0.3) is 0 Å². The molecule has 0 aromatic carbocycles. The van der Waals surface area contributed by atoms with Crippen molar-refractivity contribution in [3.63, 3.8) is 0 Å². The van der Waals surface area contributed by atoms with Gasteiger partial charge < -0.3 is 33.2 Å². The van der Waals surface area contributed by atoms with Gasteiger partial charge in [0.15, 0.2) is 0 Å². The van der Waals surface area contributed by atoms with E-state index in [1.807, 2.05) is 0 Å². The fourth-order valence-corrected chi connectivity index (χ4v) is 3.43. The summed E-state index contributed by atoms with van der Waals surface area (Å²) < 4.78 is 38.6. The zero-order valence-corrected chi connectivity index (χ0v) is 24.3. The van der Waals surface area contributed by atoms with E-state index in [4.69, 9.17) is 33.2 Å². The molecule has 0 unspecified atom stereocenters. The zero-order valence-electron chi connectivity index (χ0n) is 22.1. The normalized spacial score (nSPS) is 11.3. The van der Waals surface area contributed by atoms with Gasteiger partial charge in [-0.3, -0.25) is 4.79 Å². The zero-order chi connectivity index (χ0) is 25.5. The molecule has 0 aromatic rings. The van der Waals surface area contributed by atoms with E-state index in [0.717, 1.165) is 23.9 Å². The largest absolute Gasteiger partial charge is 0.463 e. The summed E-state index contributed by atoms with van der Waals surface area (Å²) in [4.78, 5) is 11.7. The predicted octanol–water partition coefficient (Wildman–Crippen LogP) is 4.99. The summed E-state index contributed by atoms with van der Waals surface area (Å²) in [6, 6.07) is 0. The number of unbranched alkanes of at least 4 members (excludes halogenated alkanes) is 8. The number of hydrogen-bond acceptors (Lipinski definition) is 8. The number of alkyl halides is 1. The maximum atomic E-state index is 11.7. The Morgan fingerprint density at radius 3 is 1.23 bits per heavy atom. The van der Waals surface area contributed by atoms with Crippen LogP contribution in [0.25, 0.3) is 0 Å². The van der Waals surface area contributed by atoms with Crippen molar-refractivity contribution in [3.05, 3.63) is 0 Å². The van der Waals surface area contributed by atoms with Gasteiger partial charge >= 0.3 is 5.97 Å². The molecule has 9 heteroatoms. The van der Waals surface area contributed by atoms with Crippen LogP contribution in [-0.2, 0) is 38.0 Å². The maximum absolute atomic E-state index is 11.7. The van der Waals surface area contributed by atoms with E-state index in [2.05, 4.69) is 29.5 Å². The molecule has 0 saturated heterocycles. The lowest BCUT2D eigenvalue weighted by molar-refractivity contribution is -0.145. The Hall–Kier alpha value is -0.0400. The second-order valence-corrected chi connectivity index (χ2v) is 9.24. The van der Waals surface area contributed by atoms with Gasteiger partial charge in [-0.2, -0.15) is 0 Å². The van der Waals surface area contributed by atoms with Crippen LogP contribution in [0.1, 0.15) is 71.1 Å². The fraction of sp³-hybridized carbons (Fsp3) is 0.962. The first-order valence-electron chi connectivity index (χ1n) is 13.5. The van der Waals surface area contributed by atoms with Gasteiger partial charge in [0.05, 0.1) is 79.3 Å². The first-order valence-corrected chi connectivity index (χ1v) is 15.0. The van der Waals surface area contributed by atoms with Crippen LogP contribution in [-0.4, -0.2) is 96.3 Å². The summed E-state index contributed by atoms with van der Waals surface area (Å²) >= 11 is 2.28. The third kappa shape index (κ3) is 31.9. The first kappa shape index (κ1) is 35.0. The van der Waals surface area contributed by atoms with E-state index >= 15 is 0 Å². The van der Waals surface area contributed by atoms with Crippen LogP contribution in [0.3, 0.4) is 0 Å². The van der Waals surface area contributed by atoms with Crippen molar-refractivity contribution >= 4 is 28.6 Å². The van der Waals surface area contributed by atoms with Crippen molar-refractivity contribution in [2.75, 3.05) is 90.3 Å². The Labute approximate surface area is 227 Å². The molecule has 0 aliphatic carbocycles. The molecule has 0 fully saturated rings. The lowest BCUT2D eigenvalue weighted by Crippen LogP contribution is -2.15. The Bertz CT molecular complexity index is 415. The van der Waals surface area contributed by atoms with Gasteiger partial charge in [0.1, 0.15) is 6.61 Å². The molecule has 8 nitrogen and oxygen atoms in total. The van der Waals surface area contributed by atoms with E-state index in [1.54, 1.807) is 0 Å². The van der Waals surface area contributed by atoms with Gasteiger partial charge in [-0.15, -0.1) is 0 Å². The Morgan fingerprint density at radius 1 is 0.486 bits per heavy atom. The Balaban J connectivity index is 3.12. The van der Waals surface area contributed by atoms with Gasteiger partial charge in [0, 0.05) is 10.8 Å². The molecule has 0 atom stereocenters. The van der Waals surface area contributed by atoms with E-state index in [0.29, 0.717) is 85.7 Å². The van der Waals surface area contributed by atoms with Crippen molar-refractivity contribution in [1.29, 1.82) is 0 Å². The monoisotopic (exact) mass is 618 g/mol. The van der Waals surface area contributed by atoms with Crippen molar-refractivity contribution in [3.8, 4) is 0 Å². The van der Waals surface area contributed by atoms with Gasteiger partial charge in [-0.05, 0) is 6.42 Å². The van der Waals surface area contributed by atoms with Crippen LogP contribution >= 0.6 is 22.6 Å². The summed E-state index contributed by atoms with van der Waals surface area (Å²) in [5, 5.41) is 0. The second kappa shape index (κ2) is 32.0. The number of carbonyl (C=O) groups excluding carboxylic acids is 1. The SMILES string of the molecule is CCCCCCCCCCCC(=O)OCCOCCOCCOCCOCCOCCOCCI. The quantitative estimate of drug-likeness (QED) is 0.0483. The first-order chi connectivity index (χ1) is 17.3. The van der Waals surface area contributed by atoms with Crippen LogP contribution < -0.4 is 0 Å². The molecule has 0 aromatic heterocycles. The van der Waals surface area contributed by atoms with Crippen molar-refractivity contribution in [2.24, 2.45) is 0 Å².